The summed E-state index contributed by atoms with van der Waals surface area (Å²) in [5, 5.41) is 14.6. The number of amides is 2. The van der Waals surface area contributed by atoms with Gasteiger partial charge in [0.25, 0.3) is 0 Å². The summed E-state index contributed by atoms with van der Waals surface area (Å²) in [6.45, 7) is 3.74. The van der Waals surface area contributed by atoms with Crippen molar-refractivity contribution in [2.45, 2.75) is 44.8 Å². The molecule has 0 radical (unpaired) electrons. The molecule has 2 atom stereocenters. The Morgan fingerprint density at radius 1 is 1.40 bits per heavy atom. The van der Waals surface area contributed by atoms with E-state index < -0.39 is 11.6 Å². The number of carbonyl (C=O) groups excluding carboxylic acids is 2. The van der Waals surface area contributed by atoms with Crippen LogP contribution in [0.5, 0.6) is 0 Å². The summed E-state index contributed by atoms with van der Waals surface area (Å²) in [5.41, 5.74) is -0.786. The SMILES string of the molecule is CC1C(=O)NC(C)(C2CC2)C(=O)N1Cc1nnn(C)n1. The van der Waals surface area contributed by atoms with Crippen LogP contribution in [0.4, 0.5) is 0 Å². The van der Waals surface area contributed by atoms with Crippen LogP contribution in [0.25, 0.3) is 0 Å². The Morgan fingerprint density at radius 2 is 2.10 bits per heavy atom. The molecule has 1 aliphatic heterocycles. The van der Waals surface area contributed by atoms with E-state index in [4.69, 9.17) is 0 Å². The number of rotatable bonds is 3. The predicted octanol–water partition coefficient (Wildman–Crippen LogP) is -0.774. The molecule has 8 nitrogen and oxygen atoms in total. The molecule has 20 heavy (non-hydrogen) atoms. The summed E-state index contributed by atoms with van der Waals surface area (Å²) in [4.78, 5) is 27.7. The fourth-order valence-electron chi connectivity index (χ4n) is 2.71. The number of piperazine rings is 1. The Hall–Kier alpha value is -1.99. The lowest BCUT2D eigenvalue weighted by Gasteiger charge is -2.43. The molecule has 108 valence electrons. The van der Waals surface area contributed by atoms with Crippen molar-refractivity contribution in [1.29, 1.82) is 0 Å². The summed E-state index contributed by atoms with van der Waals surface area (Å²) in [5.74, 6) is 0.506. The van der Waals surface area contributed by atoms with Gasteiger partial charge < -0.3 is 10.2 Å². The van der Waals surface area contributed by atoms with Gasteiger partial charge >= 0.3 is 0 Å². The Kier molecular flexibility index (Phi) is 2.77. The zero-order valence-corrected chi connectivity index (χ0v) is 11.8. The first kappa shape index (κ1) is 13.0. The molecule has 1 aromatic rings. The summed E-state index contributed by atoms with van der Waals surface area (Å²) < 4.78 is 0. The lowest BCUT2D eigenvalue weighted by Crippen LogP contribution is -2.69. The van der Waals surface area contributed by atoms with Crippen molar-refractivity contribution < 1.29 is 9.59 Å². The van der Waals surface area contributed by atoms with Gasteiger partial charge in [-0.15, -0.1) is 10.2 Å². The van der Waals surface area contributed by atoms with Crippen molar-refractivity contribution in [3.8, 4) is 0 Å². The average molecular weight is 278 g/mol. The molecule has 2 heterocycles. The van der Waals surface area contributed by atoms with Gasteiger partial charge in [0, 0.05) is 0 Å². The van der Waals surface area contributed by atoms with Crippen LogP contribution in [0, 0.1) is 5.92 Å². The second-order valence-electron chi connectivity index (χ2n) is 5.77. The van der Waals surface area contributed by atoms with Crippen LogP contribution in [0.1, 0.15) is 32.5 Å². The predicted molar refractivity (Wildman–Crippen MR) is 68.1 cm³/mol. The van der Waals surface area contributed by atoms with Crippen molar-refractivity contribution in [2.75, 3.05) is 0 Å². The molecular weight excluding hydrogens is 260 g/mol. The first-order chi connectivity index (χ1) is 9.41. The molecule has 1 aromatic heterocycles. The zero-order valence-electron chi connectivity index (χ0n) is 11.8. The minimum absolute atomic E-state index is 0.0560. The number of aromatic nitrogens is 4. The van der Waals surface area contributed by atoms with E-state index in [0.29, 0.717) is 5.82 Å². The molecule has 0 aromatic carbocycles. The second-order valence-corrected chi connectivity index (χ2v) is 5.77. The Labute approximate surface area is 116 Å². The molecule has 0 spiro atoms. The van der Waals surface area contributed by atoms with Gasteiger partial charge in [-0.3, -0.25) is 9.59 Å². The maximum atomic E-state index is 12.7. The van der Waals surface area contributed by atoms with E-state index in [1.54, 1.807) is 18.9 Å². The highest BCUT2D eigenvalue weighted by Gasteiger charge is 2.54. The monoisotopic (exact) mass is 278 g/mol. The summed E-state index contributed by atoms with van der Waals surface area (Å²) in [6.07, 6.45) is 1.96. The first-order valence-electron chi connectivity index (χ1n) is 6.78. The van der Waals surface area contributed by atoms with Gasteiger partial charge in [0.15, 0.2) is 5.82 Å². The third-order valence-electron chi connectivity index (χ3n) is 4.19. The molecule has 1 saturated carbocycles. The van der Waals surface area contributed by atoms with Crippen LogP contribution in [-0.4, -0.2) is 48.5 Å². The number of nitrogens with zero attached hydrogens (tertiary/aromatic N) is 5. The van der Waals surface area contributed by atoms with Crippen molar-refractivity contribution in [1.82, 2.24) is 30.4 Å². The van der Waals surface area contributed by atoms with Gasteiger partial charge in [0.2, 0.25) is 11.8 Å². The maximum absolute atomic E-state index is 12.7. The molecular formula is C12H18N6O2. The van der Waals surface area contributed by atoms with Gasteiger partial charge in [0.05, 0.1) is 13.6 Å². The quantitative estimate of drug-likeness (QED) is 0.783. The normalized spacial score (nSPS) is 30.6. The number of tetrazole rings is 1. The zero-order chi connectivity index (χ0) is 14.5. The summed E-state index contributed by atoms with van der Waals surface area (Å²) in [6, 6.07) is -0.516. The third kappa shape index (κ3) is 1.95. The smallest absolute Gasteiger partial charge is 0.249 e. The Balaban J connectivity index is 1.86. The molecule has 2 amide bonds. The molecule has 2 unspecified atom stereocenters. The van der Waals surface area contributed by atoms with Gasteiger partial charge in [-0.05, 0) is 37.8 Å². The maximum Gasteiger partial charge on any atom is 0.249 e. The van der Waals surface area contributed by atoms with Crippen molar-refractivity contribution in [3.05, 3.63) is 5.82 Å². The van der Waals surface area contributed by atoms with E-state index in [0.717, 1.165) is 12.8 Å². The van der Waals surface area contributed by atoms with Crippen LogP contribution >= 0.6 is 0 Å². The lowest BCUT2D eigenvalue weighted by molar-refractivity contribution is -0.155. The Morgan fingerprint density at radius 3 is 2.65 bits per heavy atom. The van der Waals surface area contributed by atoms with Gasteiger partial charge in [-0.2, -0.15) is 4.80 Å². The number of carbonyl (C=O) groups is 2. The molecule has 1 aliphatic carbocycles. The fourth-order valence-corrected chi connectivity index (χ4v) is 2.71. The number of hydrogen-bond donors (Lipinski definition) is 1. The van der Waals surface area contributed by atoms with E-state index in [1.807, 2.05) is 6.92 Å². The highest BCUT2D eigenvalue weighted by atomic mass is 16.2. The first-order valence-corrected chi connectivity index (χ1v) is 6.78. The van der Waals surface area contributed by atoms with Crippen LogP contribution in [0.3, 0.4) is 0 Å². The average Bonchev–Trinajstić information content (AvgIpc) is 3.17. The Bertz CT molecular complexity index is 566. The van der Waals surface area contributed by atoms with Crippen LogP contribution in [0.15, 0.2) is 0 Å². The van der Waals surface area contributed by atoms with E-state index in [2.05, 4.69) is 20.7 Å². The third-order valence-corrected chi connectivity index (χ3v) is 4.19. The second kappa shape index (κ2) is 4.26. The standard InChI is InChI=1S/C12H18N6O2/c1-7-10(19)13-12(2,8-4-5-8)11(20)18(7)6-9-14-16-17(3)15-9/h7-8H,4-6H2,1-3H3,(H,13,19). The van der Waals surface area contributed by atoms with Gasteiger partial charge in [-0.25, -0.2) is 0 Å². The largest absolute Gasteiger partial charge is 0.340 e. The number of aryl methyl sites for hydroxylation is 1. The van der Waals surface area contributed by atoms with Crippen molar-refractivity contribution >= 4 is 11.8 Å². The van der Waals surface area contributed by atoms with Gasteiger partial charge in [-0.1, -0.05) is 0 Å². The molecule has 0 bridgehead atoms. The van der Waals surface area contributed by atoms with E-state index in [-0.39, 0.29) is 24.3 Å². The molecule has 1 saturated heterocycles. The fraction of sp³-hybridized carbons (Fsp3) is 0.750. The van der Waals surface area contributed by atoms with Crippen LogP contribution in [0.2, 0.25) is 0 Å². The summed E-state index contributed by atoms with van der Waals surface area (Å²) >= 11 is 0. The molecule has 8 heteroatoms. The topological polar surface area (TPSA) is 93.0 Å². The van der Waals surface area contributed by atoms with Crippen molar-refractivity contribution in [2.24, 2.45) is 13.0 Å². The molecule has 3 rings (SSSR count). The lowest BCUT2D eigenvalue weighted by atomic mass is 9.89. The highest BCUT2D eigenvalue weighted by molar-refractivity contribution is 5.99. The van der Waals surface area contributed by atoms with E-state index in [9.17, 15) is 9.59 Å². The van der Waals surface area contributed by atoms with Crippen molar-refractivity contribution in [3.63, 3.8) is 0 Å². The van der Waals surface area contributed by atoms with Gasteiger partial charge in [0.1, 0.15) is 11.6 Å². The minimum atomic E-state index is -0.786. The summed E-state index contributed by atoms with van der Waals surface area (Å²) in [7, 11) is 1.67. The highest BCUT2D eigenvalue weighted by Crippen LogP contribution is 2.42. The minimum Gasteiger partial charge on any atom is -0.340 e. The number of nitrogens with one attached hydrogen (secondary N) is 1. The number of hydrogen-bond acceptors (Lipinski definition) is 5. The van der Waals surface area contributed by atoms with E-state index >= 15 is 0 Å². The van der Waals surface area contributed by atoms with Crippen LogP contribution in [-0.2, 0) is 23.2 Å². The molecule has 2 fully saturated rings. The van der Waals surface area contributed by atoms with Crippen LogP contribution < -0.4 is 5.32 Å². The molecule has 1 N–H and O–H groups in total. The van der Waals surface area contributed by atoms with E-state index in [1.165, 1.54) is 4.80 Å². The molecule has 2 aliphatic rings.